The van der Waals surface area contributed by atoms with Crippen molar-refractivity contribution in [2.45, 2.75) is 0 Å². The van der Waals surface area contributed by atoms with Gasteiger partial charge in [-0.15, -0.1) is 0 Å². The minimum absolute atomic E-state index is 0.0400. The van der Waals surface area contributed by atoms with E-state index in [1.54, 1.807) is 23.0 Å². The largest absolute Gasteiger partial charge is 0.409 e. The van der Waals surface area contributed by atoms with Crippen molar-refractivity contribution < 1.29 is 9.60 Å². The monoisotopic (exact) mass is 270 g/mol. The molecule has 0 spiro atoms. The Morgan fingerprint density at radius 2 is 2.00 bits per heavy atom. The molecule has 1 heterocycles. The molecule has 0 bridgehead atoms. The summed E-state index contributed by atoms with van der Waals surface area (Å²) in [6, 6.07) is 12.0. The second kappa shape index (κ2) is 4.65. The molecule has 20 heavy (non-hydrogen) atoms. The molecule has 3 aromatic rings. The number of amidine groups is 1. The third kappa shape index (κ3) is 1.78. The Morgan fingerprint density at radius 3 is 2.80 bits per heavy atom. The van der Waals surface area contributed by atoms with Gasteiger partial charge in [0.05, 0.1) is 22.3 Å². The maximum absolute atomic E-state index is 14.0. The molecule has 0 saturated heterocycles. The molecule has 0 atom stereocenters. The first-order valence-electron chi connectivity index (χ1n) is 5.91. The van der Waals surface area contributed by atoms with Crippen LogP contribution in [0.3, 0.4) is 0 Å². The van der Waals surface area contributed by atoms with Crippen LogP contribution in [-0.2, 0) is 0 Å². The molecule has 1 aromatic heterocycles. The van der Waals surface area contributed by atoms with Crippen molar-refractivity contribution in [1.29, 1.82) is 0 Å². The SMILES string of the molecule is NC(=NO)c1c(F)cccc1-n1cnc2ccccc21. The molecule has 3 rings (SSSR count). The number of fused-ring (bicyclic) bond motifs is 1. The minimum Gasteiger partial charge on any atom is -0.409 e. The second-order valence-corrected chi connectivity index (χ2v) is 4.22. The van der Waals surface area contributed by atoms with Crippen molar-refractivity contribution in [3.05, 3.63) is 60.2 Å². The van der Waals surface area contributed by atoms with Crippen molar-refractivity contribution in [3.63, 3.8) is 0 Å². The third-order valence-corrected chi connectivity index (χ3v) is 3.07. The summed E-state index contributed by atoms with van der Waals surface area (Å²) in [4.78, 5) is 4.25. The lowest BCUT2D eigenvalue weighted by Gasteiger charge is -2.11. The number of benzene rings is 2. The predicted molar refractivity (Wildman–Crippen MR) is 73.5 cm³/mol. The molecule has 0 aliphatic heterocycles. The molecule has 0 aliphatic rings. The summed E-state index contributed by atoms with van der Waals surface area (Å²) in [5.41, 5.74) is 7.67. The lowest BCUT2D eigenvalue weighted by Crippen LogP contribution is -2.18. The highest BCUT2D eigenvalue weighted by molar-refractivity contribution is 6.01. The Hall–Kier alpha value is -2.89. The number of nitrogens with zero attached hydrogens (tertiary/aromatic N) is 3. The van der Waals surface area contributed by atoms with E-state index in [1.807, 2.05) is 24.3 Å². The maximum Gasteiger partial charge on any atom is 0.175 e. The second-order valence-electron chi connectivity index (χ2n) is 4.22. The van der Waals surface area contributed by atoms with Crippen molar-refractivity contribution in [2.24, 2.45) is 10.9 Å². The smallest absolute Gasteiger partial charge is 0.175 e. The predicted octanol–water partition coefficient (Wildman–Crippen LogP) is 2.26. The summed E-state index contributed by atoms with van der Waals surface area (Å²) in [6.07, 6.45) is 1.58. The van der Waals surface area contributed by atoms with Gasteiger partial charge in [-0.3, -0.25) is 4.57 Å². The van der Waals surface area contributed by atoms with Crippen molar-refractivity contribution >= 4 is 16.9 Å². The summed E-state index contributed by atoms with van der Waals surface area (Å²) >= 11 is 0. The molecule has 0 fully saturated rings. The zero-order chi connectivity index (χ0) is 14.1. The summed E-state index contributed by atoms with van der Waals surface area (Å²) in [7, 11) is 0. The van der Waals surface area contributed by atoms with Crippen LogP contribution in [0.1, 0.15) is 5.56 Å². The van der Waals surface area contributed by atoms with E-state index in [4.69, 9.17) is 10.9 Å². The number of halogens is 1. The van der Waals surface area contributed by atoms with Gasteiger partial charge in [-0.2, -0.15) is 0 Å². The fraction of sp³-hybridized carbons (Fsp3) is 0. The van der Waals surface area contributed by atoms with E-state index >= 15 is 0 Å². The van der Waals surface area contributed by atoms with Crippen LogP contribution in [-0.4, -0.2) is 20.6 Å². The van der Waals surface area contributed by atoms with Crippen LogP contribution in [0.2, 0.25) is 0 Å². The number of nitrogens with two attached hydrogens (primary N) is 1. The summed E-state index contributed by atoms with van der Waals surface area (Å²) in [5, 5.41) is 11.7. The molecular formula is C14H11FN4O. The number of imidazole rings is 1. The highest BCUT2D eigenvalue weighted by Crippen LogP contribution is 2.22. The Balaban J connectivity index is 2.33. The Labute approximate surface area is 113 Å². The molecule has 0 amide bonds. The minimum atomic E-state index is -0.560. The van der Waals surface area contributed by atoms with Gasteiger partial charge in [0, 0.05) is 0 Å². The highest BCUT2D eigenvalue weighted by Gasteiger charge is 2.15. The van der Waals surface area contributed by atoms with Gasteiger partial charge in [-0.05, 0) is 24.3 Å². The molecule has 100 valence electrons. The van der Waals surface area contributed by atoms with E-state index in [0.717, 1.165) is 11.0 Å². The van der Waals surface area contributed by atoms with Gasteiger partial charge in [0.1, 0.15) is 12.1 Å². The zero-order valence-electron chi connectivity index (χ0n) is 10.4. The normalized spacial score (nSPS) is 11.9. The number of hydrogen-bond acceptors (Lipinski definition) is 3. The lowest BCUT2D eigenvalue weighted by molar-refractivity contribution is 0.318. The highest BCUT2D eigenvalue weighted by atomic mass is 19.1. The molecule has 5 nitrogen and oxygen atoms in total. The van der Waals surface area contributed by atoms with Crippen LogP contribution in [0.15, 0.2) is 53.9 Å². The topological polar surface area (TPSA) is 76.4 Å². The number of oxime groups is 1. The maximum atomic E-state index is 14.0. The molecule has 0 radical (unpaired) electrons. The van der Waals surface area contributed by atoms with Gasteiger partial charge < -0.3 is 10.9 Å². The number of aromatic nitrogens is 2. The molecule has 0 saturated carbocycles. The van der Waals surface area contributed by atoms with E-state index in [2.05, 4.69) is 10.1 Å². The number of para-hydroxylation sites is 2. The average molecular weight is 270 g/mol. The first-order valence-corrected chi connectivity index (χ1v) is 5.91. The van der Waals surface area contributed by atoms with Crippen molar-refractivity contribution in [3.8, 4) is 5.69 Å². The fourth-order valence-electron chi connectivity index (χ4n) is 2.17. The standard InChI is InChI=1S/C14H11FN4O/c15-9-4-3-7-12(13(9)14(16)18-20)19-8-17-10-5-1-2-6-11(10)19/h1-8,20H,(H2,16,18). The van der Waals surface area contributed by atoms with E-state index in [1.165, 1.54) is 6.07 Å². The summed E-state index contributed by atoms with van der Waals surface area (Å²) in [5.74, 6) is -0.841. The molecule has 3 N–H and O–H groups in total. The van der Waals surface area contributed by atoms with Crippen molar-refractivity contribution in [1.82, 2.24) is 9.55 Å². The molecule has 0 unspecified atom stereocenters. The zero-order valence-corrected chi connectivity index (χ0v) is 10.4. The van der Waals surface area contributed by atoms with Gasteiger partial charge >= 0.3 is 0 Å². The van der Waals surface area contributed by atoms with Gasteiger partial charge in [0.15, 0.2) is 5.84 Å². The Kier molecular flexibility index (Phi) is 2.83. The van der Waals surface area contributed by atoms with Crippen LogP contribution in [0.4, 0.5) is 4.39 Å². The van der Waals surface area contributed by atoms with Crippen LogP contribution in [0.25, 0.3) is 16.7 Å². The average Bonchev–Trinajstić information content (AvgIpc) is 2.90. The van der Waals surface area contributed by atoms with Crippen LogP contribution in [0.5, 0.6) is 0 Å². The van der Waals surface area contributed by atoms with Gasteiger partial charge in [0.2, 0.25) is 0 Å². The Morgan fingerprint density at radius 1 is 1.20 bits per heavy atom. The quantitative estimate of drug-likeness (QED) is 0.324. The van der Waals surface area contributed by atoms with E-state index in [0.29, 0.717) is 5.69 Å². The van der Waals surface area contributed by atoms with Crippen LogP contribution < -0.4 is 5.73 Å². The lowest BCUT2D eigenvalue weighted by atomic mass is 10.1. The van der Waals surface area contributed by atoms with E-state index in [-0.39, 0.29) is 11.4 Å². The van der Waals surface area contributed by atoms with E-state index < -0.39 is 5.82 Å². The van der Waals surface area contributed by atoms with E-state index in [9.17, 15) is 4.39 Å². The van der Waals surface area contributed by atoms with Gasteiger partial charge in [-0.25, -0.2) is 9.37 Å². The van der Waals surface area contributed by atoms with Crippen molar-refractivity contribution in [2.75, 3.05) is 0 Å². The number of hydrogen-bond donors (Lipinski definition) is 2. The molecule has 6 heteroatoms. The molecule has 2 aromatic carbocycles. The van der Waals surface area contributed by atoms with Gasteiger partial charge in [0.25, 0.3) is 0 Å². The fourth-order valence-corrected chi connectivity index (χ4v) is 2.17. The Bertz CT molecular complexity index is 810. The first kappa shape index (κ1) is 12.2. The summed E-state index contributed by atoms with van der Waals surface area (Å²) in [6.45, 7) is 0. The van der Waals surface area contributed by atoms with Gasteiger partial charge in [-0.1, -0.05) is 23.4 Å². The van der Waals surface area contributed by atoms with Crippen LogP contribution >= 0.6 is 0 Å². The number of rotatable bonds is 2. The molecule has 0 aliphatic carbocycles. The van der Waals surface area contributed by atoms with Crippen LogP contribution in [0, 0.1) is 5.82 Å². The third-order valence-electron chi connectivity index (χ3n) is 3.07. The summed E-state index contributed by atoms with van der Waals surface area (Å²) < 4.78 is 15.7. The molecular weight excluding hydrogens is 259 g/mol. The first-order chi connectivity index (χ1) is 9.72.